The molecular formula is C16H19NOS. The Kier molecular flexibility index (Phi) is 4.88. The summed E-state index contributed by atoms with van der Waals surface area (Å²) in [5.41, 5.74) is 7.31. The van der Waals surface area contributed by atoms with E-state index in [1.165, 1.54) is 4.90 Å². The van der Waals surface area contributed by atoms with Crippen LogP contribution in [-0.4, -0.2) is 13.2 Å². The maximum absolute atomic E-state index is 6.16. The number of para-hydroxylation sites is 1. The van der Waals surface area contributed by atoms with Crippen LogP contribution in [0.25, 0.3) is 0 Å². The zero-order valence-electron chi connectivity index (χ0n) is 11.2. The molecular weight excluding hydrogens is 254 g/mol. The summed E-state index contributed by atoms with van der Waals surface area (Å²) in [6.45, 7) is 2.03. The van der Waals surface area contributed by atoms with Gasteiger partial charge < -0.3 is 10.5 Å². The summed E-state index contributed by atoms with van der Waals surface area (Å²) < 4.78 is 5.45. The number of ether oxygens (including phenoxy) is 1. The standard InChI is InChI=1S/C16H19NOS/c1-12(17)16(19-13-8-4-3-5-9-13)14-10-6-7-11-15(14)18-2/h3-12,16H,17H2,1-2H3. The zero-order chi connectivity index (χ0) is 13.7. The predicted octanol–water partition coefficient (Wildman–Crippen LogP) is 3.88. The van der Waals surface area contributed by atoms with Crippen molar-refractivity contribution in [2.75, 3.05) is 7.11 Å². The number of benzene rings is 2. The minimum Gasteiger partial charge on any atom is -0.496 e. The summed E-state index contributed by atoms with van der Waals surface area (Å²) in [5, 5.41) is 0.179. The van der Waals surface area contributed by atoms with Gasteiger partial charge in [0.05, 0.1) is 12.4 Å². The normalized spacial score (nSPS) is 13.8. The maximum Gasteiger partial charge on any atom is 0.123 e. The number of nitrogens with two attached hydrogens (primary N) is 1. The summed E-state index contributed by atoms with van der Waals surface area (Å²) in [6.07, 6.45) is 0. The lowest BCUT2D eigenvalue weighted by Crippen LogP contribution is -2.23. The number of methoxy groups -OCH3 is 1. The molecule has 19 heavy (non-hydrogen) atoms. The van der Waals surface area contributed by atoms with Crippen molar-refractivity contribution in [2.24, 2.45) is 5.73 Å². The fourth-order valence-electron chi connectivity index (χ4n) is 2.00. The van der Waals surface area contributed by atoms with Crippen LogP contribution in [0.15, 0.2) is 59.5 Å². The molecule has 0 radical (unpaired) electrons. The lowest BCUT2D eigenvalue weighted by molar-refractivity contribution is 0.408. The topological polar surface area (TPSA) is 35.2 Å². The van der Waals surface area contributed by atoms with Crippen LogP contribution in [0.5, 0.6) is 5.75 Å². The summed E-state index contributed by atoms with van der Waals surface area (Å²) >= 11 is 1.77. The molecule has 2 N–H and O–H groups in total. The van der Waals surface area contributed by atoms with Crippen LogP contribution in [0.4, 0.5) is 0 Å². The number of thioether (sulfide) groups is 1. The fourth-order valence-corrected chi connectivity index (χ4v) is 3.15. The second-order valence-corrected chi connectivity index (χ2v) is 5.67. The van der Waals surface area contributed by atoms with E-state index in [1.54, 1.807) is 18.9 Å². The van der Waals surface area contributed by atoms with Gasteiger partial charge in [-0.05, 0) is 25.1 Å². The van der Waals surface area contributed by atoms with Crippen molar-refractivity contribution in [3.05, 3.63) is 60.2 Å². The van der Waals surface area contributed by atoms with E-state index in [1.807, 2.05) is 43.3 Å². The third-order valence-corrected chi connectivity index (χ3v) is 4.41. The van der Waals surface area contributed by atoms with E-state index in [9.17, 15) is 0 Å². The Hall–Kier alpha value is -1.45. The van der Waals surface area contributed by atoms with E-state index in [4.69, 9.17) is 10.5 Å². The molecule has 0 aromatic heterocycles. The first-order chi connectivity index (χ1) is 9.22. The Balaban J connectivity index is 2.30. The average Bonchev–Trinajstić information content (AvgIpc) is 2.45. The Bertz CT molecular complexity index is 513. The molecule has 100 valence electrons. The molecule has 0 amide bonds. The van der Waals surface area contributed by atoms with Gasteiger partial charge in [0.25, 0.3) is 0 Å². The molecule has 2 nitrogen and oxygen atoms in total. The van der Waals surface area contributed by atoms with Gasteiger partial charge in [-0.1, -0.05) is 36.4 Å². The quantitative estimate of drug-likeness (QED) is 0.840. The molecule has 2 aromatic rings. The molecule has 0 aliphatic carbocycles. The average molecular weight is 273 g/mol. The van der Waals surface area contributed by atoms with Crippen LogP contribution in [-0.2, 0) is 0 Å². The lowest BCUT2D eigenvalue weighted by Gasteiger charge is -2.22. The van der Waals surface area contributed by atoms with Gasteiger partial charge in [0.1, 0.15) is 5.75 Å². The lowest BCUT2D eigenvalue weighted by atomic mass is 10.1. The van der Waals surface area contributed by atoms with Crippen molar-refractivity contribution in [2.45, 2.75) is 23.1 Å². The van der Waals surface area contributed by atoms with Crippen LogP contribution in [0.1, 0.15) is 17.7 Å². The third kappa shape index (κ3) is 3.52. The first kappa shape index (κ1) is 14.0. The number of rotatable bonds is 5. The number of hydrogen-bond donors (Lipinski definition) is 1. The van der Waals surface area contributed by atoms with Gasteiger partial charge in [0.2, 0.25) is 0 Å². The highest BCUT2D eigenvalue weighted by Gasteiger charge is 2.20. The van der Waals surface area contributed by atoms with E-state index in [-0.39, 0.29) is 11.3 Å². The Labute approximate surface area is 119 Å². The Morgan fingerprint density at radius 2 is 1.63 bits per heavy atom. The molecule has 2 aromatic carbocycles. The number of hydrogen-bond acceptors (Lipinski definition) is 3. The Morgan fingerprint density at radius 3 is 2.26 bits per heavy atom. The first-order valence-corrected chi connectivity index (χ1v) is 7.20. The molecule has 2 unspecified atom stereocenters. The molecule has 0 aliphatic heterocycles. The van der Waals surface area contributed by atoms with E-state index < -0.39 is 0 Å². The largest absolute Gasteiger partial charge is 0.496 e. The van der Waals surface area contributed by atoms with Crippen LogP contribution in [0, 0.1) is 0 Å². The van der Waals surface area contributed by atoms with Crippen molar-refractivity contribution in [3.63, 3.8) is 0 Å². The van der Waals surface area contributed by atoms with Crippen molar-refractivity contribution >= 4 is 11.8 Å². The van der Waals surface area contributed by atoms with E-state index >= 15 is 0 Å². The summed E-state index contributed by atoms with van der Waals surface area (Å²) in [6, 6.07) is 18.4. The van der Waals surface area contributed by atoms with Gasteiger partial charge in [-0.25, -0.2) is 0 Å². The van der Waals surface area contributed by atoms with Crippen LogP contribution in [0.2, 0.25) is 0 Å². The second kappa shape index (κ2) is 6.64. The molecule has 0 spiro atoms. The van der Waals surface area contributed by atoms with Gasteiger partial charge in [0.15, 0.2) is 0 Å². The highest BCUT2D eigenvalue weighted by Crippen LogP contribution is 2.40. The van der Waals surface area contributed by atoms with Crippen LogP contribution >= 0.6 is 11.8 Å². The molecule has 0 heterocycles. The summed E-state index contributed by atoms with van der Waals surface area (Å²) in [5.74, 6) is 0.897. The zero-order valence-corrected chi connectivity index (χ0v) is 12.1. The van der Waals surface area contributed by atoms with Gasteiger partial charge >= 0.3 is 0 Å². The molecule has 2 rings (SSSR count). The monoisotopic (exact) mass is 273 g/mol. The minimum atomic E-state index is 0.0431. The fraction of sp³-hybridized carbons (Fsp3) is 0.250. The van der Waals surface area contributed by atoms with Gasteiger partial charge in [-0.3, -0.25) is 0 Å². The Morgan fingerprint density at radius 1 is 1.00 bits per heavy atom. The van der Waals surface area contributed by atoms with Crippen molar-refractivity contribution in [1.29, 1.82) is 0 Å². The molecule has 0 fully saturated rings. The molecule has 2 atom stereocenters. The SMILES string of the molecule is COc1ccccc1C(Sc1ccccc1)C(C)N. The predicted molar refractivity (Wildman–Crippen MR) is 81.7 cm³/mol. The van der Waals surface area contributed by atoms with Crippen LogP contribution in [0.3, 0.4) is 0 Å². The van der Waals surface area contributed by atoms with E-state index in [0.717, 1.165) is 11.3 Å². The second-order valence-electron chi connectivity index (χ2n) is 4.45. The third-order valence-electron chi connectivity index (χ3n) is 2.93. The van der Waals surface area contributed by atoms with Crippen molar-refractivity contribution < 1.29 is 4.74 Å². The molecule has 0 bridgehead atoms. The van der Waals surface area contributed by atoms with Crippen LogP contribution < -0.4 is 10.5 Å². The van der Waals surface area contributed by atoms with Gasteiger partial charge in [0, 0.05) is 16.5 Å². The molecule has 0 saturated heterocycles. The summed E-state index contributed by atoms with van der Waals surface area (Å²) in [7, 11) is 1.70. The van der Waals surface area contributed by atoms with Crippen molar-refractivity contribution in [1.82, 2.24) is 0 Å². The highest BCUT2D eigenvalue weighted by atomic mass is 32.2. The maximum atomic E-state index is 6.16. The minimum absolute atomic E-state index is 0.0431. The highest BCUT2D eigenvalue weighted by molar-refractivity contribution is 7.99. The first-order valence-electron chi connectivity index (χ1n) is 6.32. The molecule has 0 aliphatic rings. The smallest absolute Gasteiger partial charge is 0.123 e. The summed E-state index contributed by atoms with van der Waals surface area (Å²) in [4.78, 5) is 1.22. The van der Waals surface area contributed by atoms with Gasteiger partial charge in [-0.15, -0.1) is 11.8 Å². The van der Waals surface area contributed by atoms with E-state index in [2.05, 4.69) is 18.2 Å². The van der Waals surface area contributed by atoms with Gasteiger partial charge in [-0.2, -0.15) is 0 Å². The van der Waals surface area contributed by atoms with Crippen molar-refractivity contribution in [3.8, 4) is 5.75 Å². The molecule has 0 saturated carbocycles. The molecule has 3 heteroatoms. The van der Waals surface area contributed by atoms with E-state index in [0.29, 0.717) is 0 Å².